The predicted molar refractivity (Wildman–Crippen MR) is 161 cm³/mol. The molecule has 2 aromatic carbocycles. The topological polar surface area (TPSA) is 0 Å². The third-order valence-electron chi connectivity index (χ3n) is 8.20. The van der Waals surface area contributed by atoms with Crippen molar-refractivity contribution in [3.8, 4) is 0 Å². The third kappa shape index (κ3) is 10.0. The van der Waals surface area contributed by atoms with Crippen molar-refractivity contribution >= 4 is 0 Å². The first-order valence-corrected chi connectivity index (χ1v) is 15.1. The molecule has 0 unspecified atom stereocenters. The molecule has 0 radical (unpaired) electrons. The van der Waals surface area contributed by atoms with Crippen molar-refractivity contribution in [3.63, 3.8) is 0 Å². The largest absolute Gasteiger partial charge is 0.322 e. The molecule has 2 heteroatoms. The first-order chi connectivity index (χ1) is 17.3. The van der Waals surface area contributed by atoms with Crippen molar-refractivity contribution in [2.45, 2.75) is 94.2 Å². The molecule has 0 amide bonds. The number of aryl methyl sites for hydroxylation is 2. The number of nitrogens with zero attached hydrogens (tertiary/aromatic N) is 2. The van der Waals surface area contributed by atoms with Crippen molar-refractivity contribution in [2.75, 3.05) is 40.3 Å². The Labute approximate surface area is 225 Å². The fourth-order valence-corrected chi connectivity index (χ4v) is 5.95. The highest BCUT2D eigenvalue weighted by molar-refractivity contribution is 5.21. The van der Waals surface area contributed by atoms with Gasteiger partial charge in [-0.05, 0) is 51.4 Å². The van der Waals surface area contributed by atoms with E-state index < -0.39 is 0 Å². The number of hydrogen-bond donors (Lipinski definition) is 0. The van der Waals surface area contributed by atoms with E-state index in [-0.39, 0.29) is 0 Å². The van der Waals surface area contributed by atoms with Crippen LogP contribution in [-0.2, 0) is 13.1 Å². The molecule has 0 N–H and O–H groups in total. The van der Waals surface area contributed by atoms with Crippen molar-refractivity contribution in [1.82, 2.24) is 0 Å². The molecule has 2 aromatic rings. The zero-order chi connectivity index (χ0) is 27.2. The molecular weight excluding hydrogens is 436 g/mol. The van der Waals surface area contributed by atoms with Gasteiger partial charge in [0.05, 0.1) is 40.3 Å². The lowest BCUT2D eigenvalue weighted by Crippen LogP contribution is -2.53. The van der Waals surface area contributed by atoms with E-state index in [0.29, 0.717) is 0 Å². The summed E-state index contributed by atoms with van der Waals surface area (Å²) in [5.41, 5.74) is 5.74. The predicted octanol–water partition coefficient (Wildman–Crippen LogP) is 8.80. The van der Waals surface area contributed by atoms with Gasteiger partial charge in [-0.15, -0.1) is 0 Å². The van der Waals surface area contributed by atoms with Gasteiger partial charge < -0.3 is 8.97 Å². The molecule has 0 aromatic heterocycles. The van der Waals surface area contributed by atoms with E-state index in [1.807, 2.05) is 41.5 Å². The zero-order valence-electron chi connectivity index (χ0n) is 25.7. The number of benzene rings is 2. The molecule has 36 heavy (non-hydrogen) atoms. The summed E-state index contributed by atoms with van der Waals surface area (Å²) >= 11 is 0. The molecular formula is C34H60N2+2. The lowest BCUT2D eigenvalue weighted by molar-refractivity contribution is -0.931. The number of piperidine rings is 2. The third-order valence-corrected chi connectivity index (χ3v) is 8.20. The van der Waals surface area contributed by atoms with Gasteiger partial charge in [-0.1, -0.05) is 101 Å². The highest BCUT2D eigenvalue weighted by atomic mass is 15.3. The van der Waals surface area contributed by atoms with Gasteiger partial charge >= 0.3 is 0 Å². The highest BCUT2D eigenvalue weighted by Crippen LogP contribution is 2.36. The molecule has 2 aliphatic rings. The Kier molecular flexibility index (Phi) is 14.6. The summed E-state index contributed by atoms with van der Waals surface area (Å²) in [6, 6.07) is 18.4. The second-order valence-corrected chi connectivity index (χ2v) is 11.1. The maximum absolute atomic E-state index is 2.48. The minimum absolute atomic E-state index is 0.961. The van der Waals surface area contributed by atoms with Crippen LogP contribution in [0, 0.1) is 25.7 Å². The summed E-state index contributed by atoms with van der Waals surface area (Å²) in [5, 5.41) is 0. The fraction of sp³-hybridized carbons (Fsp3) is 0.647. The number of likely N-dealkylation sites (tertiary alicyclic amines) is 2. The van der Waals surface area contributed by atoms with Gasteiger partial charge in [-0.25, -0.2) is 0 Å². The molecule has 0 bridgehead atoms. The molecule has 0 spiro atoms. The van der Waals surface area contributed by atoms with Crippen LogP contribution in [0.25, 0.3) is 0 Å². The van der Waals surface area contributed by atoms with E-state index in [0.717, 1.165) is 11.8 Å². The SMILES string of the molecule is CC.CC.CC.Cc1ccc(C[N+]2(C)CCC(C3CC[N+](C)(Cc4ccc(C)cc4)CC3)CC2)cc1. The van der Waals surface area contributed by atoms with E-state index >= 15 is 0 Å². The molecule has 2 fully saturated rings. The van der Waals surface area contributed by atoms with Crippen LogP contribution in [0.2, 0.25) is 0 Å². The van der Waals surface area contributed by atoms with Crippen LogP contribution in [0.4, 0.5) is 0 Å². The molecule has 0 aliphatic carbocycles. The number of hydrogen-bond acceptors (Lipinski definition) is 0. The first-order valence-electron chi connectivity index (χ1n) is 15.1. The molecule has 2 nitrogen and oxygen atoms in total. The average molecular weight is 497 g/mol. The first kappa shape index (κ1) is 32.4. The molecule has 0 saturated carbocycles. The Morgan fingerprint density at radius 3 is 1.00 bits per heavy atom. The van der Waals surface area contributed by atoms with E-state index in [2.05, 4.69) is 76.5 Å². The quantitative estimate of drug-likeness (QED) is 0.363. The Morgan fingerprint density at radius 1 is 0.500 bits per heavy atom. The van der Waals surface area contributed by atoms with Crippen LogP contribution >= 0.6 is 0 Å². The van der Waals surface area contributed by atoms with Crippen LogP contribution in [0.5, 0.6) is 0 Å². The highest BCUT2D eigenvalue weighted by Gasteiger charge is 2.38. The Bertz CT molecular complexity index is 734. The summed E-state index contributed by atoms with van der Waals surface area (Å²) in [6.07, 6.45) is 5.70. The van der Waals surface area contributed by atoms with Gasteiger partial charge in [-0.2, -0.15) is 0 Å². The van der Waals surface area contributed by atoms with E-state index in [9.17, 15) is 0 Å². The Morgan fingerprint density at radius 2 is 0.750 bits per heavy atom. The average Bonchev–Trinajstić information content (AvgIpc) is 2.91. The smallest absolute Gasteiger partial charge is 0.104 e. The number of quaternary nitrogens is 2. The van der Waals surface area contributed by atoms with Crippen molar-refractivity contribution < 1.29 is 8.97 Å². The van der Waals surface area contributed by atoms with Gasteiger partial charge in [0.25, 0.3) is 0 Å². The van der Waals surface area contributed by atoms with Gasteiger partial charge in [0.1, 0.15) is 13.1 Å². The molecule has 204 valence electrons. The minimum atomic E-state index is 0.961. The summed E-state index contributed by atoms with van der Waals surface area (Å²) in [4.78, 5) is 0. The molecule has 2 saturated heterocycles. The summed E-state index contributed by atoms with van der Waals surface area (Å²) < 4.78 is 2.46. The molecule has 4 rings (SSSR count). The van der Waals surface area contributed by atoms with Gasteiger partial charge in [0, 0.05) is 11.1 Å². The van der Waals surface area contributed by atoms with Crippen LogP contribution in [0.1, 0.15) is 89.5 Å². The molecule has 2 heterocycles. The fourth-order valence-electron chi connectivity index (χ4n) is 5.95. The summed E-state index contributed by atoms with van der Waals surface area (Å²) in [6.45, 7) is 24.2. The maximum atomic E-state index is 2.48. The number of rotatable bonds is 5. The molecule has 2 aliphatic heterocycles. The Hall–Kier alpha value is -1.64. The van der Waals surface area contributed by atoms with E-state index in [4.69, 9.17) is 0 Å². The minimum Gasteiger partial charge on any atom is -0.322 e. The lowest BCUT2D eigenvalue weighted by Gasteiger charge is -2.46. The van der Waals surface area contributed by atoms with Crippen LogP contribution < -0.4 is 0 Å². The monoisotopic (exact) mass is 496 g/mol. The zero-order valence-corrected chi connectivity index (χ0v) is 25.7. The van der Waals surface area contributed by atoms with Gasteiger partial charge in [0.15, 0.2) is 0 Å². The van der Waals surface area contributed by atoms with Crippen molar-refractivity contribution in [2.24, 2.45) is 11.8 Å². The van der Waals surface area contributed by atoms with E-state index in [1.165, 1.54) is 96.2 Å². The van der Waals surface area contributed by atoms with Crippen molar-refractivity contribution in [3.05, 3.63) is 70.8 Å². The molecule has 0 atom stereocenters. The second kappa shape index (κ2) is 16.3. The summed E-state index contributed by atoms with van der Waals surface area (Å²) in [7, 11) is 4.96. The van der Waals surface area contributed by atoms with Gasteiger partial charge in [-0.3, -0.25) is 0 Å². The van der Waals surface area contributed by atoms with Gasteiger partial charge in [0.2, 0.25) is 0 Å². The standard InChI is InChI=1S/C28H42N2.3C2H6/c1-23-5-9-25(10-6-23)21-29(3)17-13-27(14-18-29)28-15-19-30(4,20-16-28)22-26-11-7-24(2)8-12-26;3*1-2/h5-12,27-28H,13-22H2,1-4H3;3*1-2H3/q+2;;;. The summed E-state index contributed by atoms with van der Waals surface area (Å²) in [5.74, 6) is 1.92. The second-order valence-electron chi connectivity index (χ2n) is 11.1. The van der Waals surface area contributed by atoms with Crippen LogP contribution in [0.3, 0.4) is 0 Å². The maximum Gasteiger partial charge on any atom is 0.104 e. The Balaban J connectivity index is 0.00000101. The van der Waals surface area contributed by atoms with E-state index in [1.54, 1.807) is 0 Å². The normalized spacial score (nSPS) is 27.3. The van der Waals surface area contributed by atoms with Crippen LogP contribution in [0.15, 0.2) is 48.5 Å². The van der Waals surface area contributed by atoms with Crippen LogP contribution in [-0.4, -0.2) is 49.2 Å². The lowest BCUT2D eigenvalue weighted by atomic mass is 9.77. The van der Waals surface area contributed by atoms with Crippen molar-refractivity contribution in [1.29, 1.82) is 0 Å².